The average Bonchev–Trinajstić information content (AvgIpc) is 3.70. The van der Waals surface area contributed by atoms with Gasteiger partial charge in [0, 0.05) is 29.9 Å². The van der Waals surface area contributed by atoms with Crippen molar-refractivity contribution in [1.82, 2.24) is 4.90 Å². The second kappa shape index (κ2) is 11.6. The lowest BCUT2D eigenvalue weighted by molar-refractivity contribution is -0.0319. The zero-order valence-electron chi connectivity index (χ0n) is 21.4. The fourth-order valence-corrected chi connectivity index (χ4v) is 6.98. The van der Waals surface area contributed by atoms with Crippen molar-refractivity contribution in [2.75, 3.05) is 19.7 Å². The zero-order valence-corrected chi connectivity index (χ0v) is 22.2. The summed E-state index contributed by atoms with van der Waals surface area (Å²) >= 11 is 1.99. The van der Waals surface area contributed by atoms with Gasteiger partial charge in [0.1, 0.15) is 0 Å². The molecule has 3 aromatic rings. The SMILES string of the molecule is C1=CC2CC2(c2ccccc2S[C@@H](c2ccccc2)[C@@H]2CN(Cc3ccccc3)CCO2)C=C1.CC. The smallest absolute Gasteiger partial charge is 0.0865 e. The first-order valence-electron chi connectivity index (χ1n) is 13.4. The van der Waals surface area contributed by atoms with Crippen LogP contribution in [0.25, 0.3) is 0 Å². The third-order valence-electron chi connectivity index (χ3n) is 7.44. The topological polar surface area (TPSA) is 12.5 Å². The van der Waals surface area contributed by atoms with Crippen LogP contribution >= 0.6 is 11.8 Å². The van der Waals surface area contributed by atoms with Gasteiger partial charge in [0.25, 0.3) is 0 Å². The molecular formula is C33H37NOS. The minimum atomic E-state index is 0.146. The van der Waals surface area contributed by atoms with Gasteiger partial charge in [-0.05, 0) is 35.1 Å². The van der Waals surface area contributed by atoms with E-state index in [2.05, 4.69) is 114 Å². The number of ether oxygens (including phenoxy) is 1. The van der Waals surface area contributed by atoms with Crippen molar-refractivity contribution in [3.05, 3.63) is 126 Å². The van der Waals surface area contributed by atoms with Gasteiger partial charge in [-0.1, -0.05) is 117 Å². The van der Waals surface area contributed by atoms with Crippen LogP contribution in [-0.4, -0.2) is 30.7 Å². The van der Waals surface area contributed by atoms with Gasteiger partial charge >= 0.3 is 0 Å². The lowest BCUT2D eigenvalue weighted by Gasteiger charge is -2.37. The minimum absolute atomic E-state index is 0.146. The lowest BCUT2D eigenvalue weighted by atomic mass is 9.90. The highest BCUT2D eigenvalue weighted by Crippen LogP contribution is 2.60. The summed E-state index contributed by atoms with van der Waals surface area (Å²) in [5.74, 6) is 0.640. The van der Waals surface area contributed by atoms with Crippen molar-refractivity contribution < 1.29 is 4.74 Å². The van der Waals surface area contributed by atoms with Gasteiger partial charge in [-0.15, -0.1) is 11.8 Å². The van der Waals surface area contributed by atoms with Crippen molar-refractivity contribution >= 4 is 11.8 Å². The molecule has 0 radical (unpaired) electrons. The summed E-state index contributed by atoms with van der Waals surface area (Å²) in [7, 11) is 0. The molecule has 3 aromatic carbocycles. The van der Waals surface area contributed by atoms with Crippen molar-refractivity contribution in [1.29, 1.82) is 0 Å². The molecule has 2 aliphatic carbocycles. The van der Waals surface area contributed by atoms with Crippen LogP contribution in [-0.2, 0) is 16.7 Å². The van der Waals surface area contributed by atoms with E-state index < -0.39 is 0 Å². The maximum atomic E-state index is 6.47. The van der Waals surface area contributed by atoms with Crippen LogP contribution < -0.4 is 0 Å². The normalized spacial score (nSPS) is 25.4. The van der Waals surface area contributed by atoms with Gasteiger partial charge < -0.3 is 4.74 Å². The van der Waals surface area contributed by atoms with E-state index in [1.165, 1.54) is 28.0 Å². The van der Waals surface area contributed by atoms with E-state index in [0.29, 0.717) is 5.92 Å². The Morgan fingerprint density at radius 1 is 0.917 bits per heavy atom. The second-order valence-electron chi connectivity index (χ2n) is 9.67. The largest absolute Gasteiger partial charge is 0.374 e. The molecule has 1 saturated carbocycles. The number of morpholine rings is 1. The van der Waals surface area contributed by atoms with Crippen molar-refractivity contribution in [2.24, 2.45) is 5.92 Å². The van der Waals surface area contributed by atoms with Crippen LogP contribution in [0.3, 0.4) is 0 Å². The van der Waals surface area contributed by atoms with E-state index in [-0.39, 0.29) is 16.8 Å². The van der Waals surface area contributed by atoms with E-state index in [1.807, 2.05) is 25.6 Å². The Hall–Kier alpha value is -2.59. The molecule has 0 spiro atoms. The van der Waals surface area contributed by atoms with Crippen LogP contribution in [0.2, 0.25) is 0 Å². The predicted octanol–water partition coefficient (Wildman–Crippen LogP) is 7.83. The summed E-state index contributed by atoms with van der Waals surface area (Å²) in [6.45, 7) is 7.68. The molecule has 1 heterocycles. The fourth-order valence-electron chi connectivity index (χ4n) is 5.55. The molecule has 3 heteroatoms. The van der Waals surface area contributed by atoms with Gasteiger partial charge in [0.2, 0.25) is 0 Å². The average molecular weight is 496 g/mol. The summed E-state index contributed by atoms with van der Waals surface area (Å²) in [4.78, 5) is 3.94. The number of nitrogens with zero attached hydrogens (tertiary/aromatic N) is 1. The highest BCUT2D eigenvalue weighted by atomic mass is 32.2. The molecule has 1 aliphatic heterocycles. The maximum Gasteiger partial charge on any atom is 0.0865 e. The molecule has 186 valence electrons. The van der Waals surface area contributed by atoms with Crippen LogP contribution in [0.1, 0.15) is 42.2 Å². The fraction of sp³-hybridized carbons (Fsp3) is 0.333. The number of rotatable bonds is 7. The molecule has 0 amide bonds. The van der Waals surface area contributed by atoms with Crippen LogP contribution in [0.5, 0.6) is 0 Å². The van der Waals surface area contributed by atoms with Gasteiger partial charge in [0.15, 0.2) is 0 Å². The van der Waals surface area contributed by atoms with Crippen LogP contribution in [0, 0.1) is 5.92 Å². The standard InChI is InChI=1S/C31H31NOS.C2H6/c1-3-11-24(12-4-1)22-32-19-20-33-28(23-32)30(25-13-5-2-6-14-25)34-29-17-8-7-16-27(29)31-18-10-9-15-26(31)21-31;1-2/h1-18,26,28,30H,19-23H2;1-2H3/t26?,28-,30-,31?;/m0./s1. The summed E-state index contributed by atoms with van der Waals surface area (Å²) < 4.78 is 6.47. The Kier molecular flexibility index (Phi) is 8.11. The highest BCUT2D eigenvalue weighted by molar-refractivity contribution is 7.99. The van der Waals surface area contributed by atoms with Gasteiger partial charge in [-0.25, -0.2) is 0 Å². The van der Waals surface area contributed by atoms with Gasteiger partial charge in [-0.2, -0.15) is 0 Å². The van der Waals surface area contributed by atoms with E-state index in [1.54, 1.807) is 0 Å². The van der Waals surface area contributed by atoms with E-state index in [0.717, 1.165) is 26.2 Å². The molecule has 3 aliphatic rings. The van der Waals surface area contributed by atoms with Crippen LogP contribution in [0.4, 0.5) is 0 Å². The summed E-state index contributed by atoms with van der Waals surface area (Å²) in [5.41, 5.74) is 4.38. The maximum absolute atomic E-state index is 6.47. The Morgan fingerprint density at radius 2 is 1.64 bits per heavy atom. The van der Waals surface area contributed by atoms with Crippen LogP contribution in [0.15, 0.2) is 114 Å². The van der Waals surface area contributed by atoms with Crippen molar-refractivity contribution in [2.45, 2.75) is 48.5 Å². The van der Waals surface area contributed by atoms with Crippen molar-refractivity contribution in [3.63, 3.8) is 0 Å². The summed E-state index contributed by atoms with van der Waals surface area (Å²) in [6.07, 6.45) is 10.6. The number of fused-ring (bicyclic) bond motifs is 1. The molecule has 2 fully saturated rings. The summed E-state index contributed by atoms with van der Waals surface area (Å²) in [5, 5.41) is 0.248. The molecule has 2 nitrogen and oxygen atoms in total. The number of thioether (sulfide) groups is 1. The van der Waals surface area contributed by atoms with Gasteiger partial charge in [-0.3, -0.25) is 4.90 Å². The first-order chi connectivity index (χ1) is 17.8. The minimum Gasteiger partial charge on any atom is -0.374 e. The predicted molar refractivity (Wildman–Crippen MR) is 152 cm³/mol. The lowest BCUT2D eigenvalue weighted by Crippen LogP contribution is -2.44. The van der Waals surface area contributed by atoms with Crippen molar-refractivity contribution in [3.8, 4) is 0 Å². The monoisotopic (exact) mass is 495 g/mol. The molecular weight excluding hydrogens is 458 g/mol. The van der Waals surface area contributed by atoms with E-state index >= 15 is 0 Å². The Bertz CT molecular complexity index is 1170. The number of allylic oxidation sites excluding steroid dienone is 4. The molecule has 4 atom stereocenters. The summed E-state index contributed by atoms with van der Waals surface area (Å²) in [6, 6.07) is 30.8. The first kappa shape index (κ1) is 25.1. The molecule has 0 aromatic heterocycles. The number of benzene rings is 3. The third kappa shape index (κ3) is 5.39. The quantitative estimate of drug-likeness (QED) is 0.310. The van der Waals surface area contributed by atoms with E-state index in [9.17, 15) is 0 Å². The molecule has 0 N–H and O–H groups in total. The molecule has 1 saturated heterocycles. The van der Waals surface area contributed by atoms with Gasteiger partial charge in [0.05, 0.1) is 18.0 Å². The first-order valence-corrected chi connectivity index (χ1v) is 14.2. The Morgan fingerprint density at radius 3 is 2.42 bits per heavy atom. The molecule has 36 heavy (non-hydrogen) atoms. The number of hydrogen-bond donors (Lipinski definition) is 0. The van der Waals surface area contributed by atoms with E-state index in [4.69, 9.17) is 4.74 Å². The zero-order chi connectivity index (χ0) is 24.8. The highest BCUT2D eigenvalue weighted by Gasteiger charge is 2.53. The molecule has 2 unspecified atom stereocenters. The Balaban J connectivity index is 0.00000130. The second-order valence-corrected chi connectivity index (χ2v) is 10.9. The Labute approximate surface area is 221 Å². The molecule has 0 bridgehead atoms. The third-order valence-corrected chi connectivity index (χ3v) is 8.88. The molecule has 6 rings (SSSR count). The number of hydrogen-bond acceptors (Lipinski definition) is 3.